The molecule has 112 valence electrons. The minimum absolute atomic E-state index is 0.00873. The zero-order chi connectivity index (χ0) is 15.4. The van der Waals surface area contributed by atoms with Crippen LogP contribution in [0.5, 0.6) is 0 Å². The van der Waals surface area contributed by atoms with Crippen LogP contribution in [-0.2, 0) is 0 Å². The minimum atomic E-state index is -1.12. The molecular formula is C15H16F2N2OS. The van der Waals surface area contributed by atoms with Gasteiger partial charge in [-0.2, -0.15) is 0 Å². The molecule has 6 heteroatoms. The molecule has 0 bridgehead atoms. The molecule has 0 aliphatic carbocycles. The Hall–Kier alpha value is -1.79. The number of thiophene rings is 1. The van der Waals surface area contributed by atoms with Crippen LogP contribution < -0.4 is 5.32 Å². The Morgan fingerprint density at radius 3 is 2.67 bits per heavy atom. The highest BCUT2D eigenvalue weighted by atomic mass is 32.1. The van der Waals surface area contributed by atoms with E-state index in [2.05, 4.69) is 5.32 Å². The number of hydrogen-bond acceptors (Lipinski definition) is 3. The van der Waals surface area contributed by atoms with Gasteiger partial charge in [-0.1, -0.05) is 12.1 Å². The molecule has 21 heavy (non-hydrogen) atoms. The average Bonchev–Trinajstić information content (AvgIpc) is 2.95. The predicted octanol–water partition coefficient (Wildman–Crippen LogP) is 3.06. The third-order valence-corrected chi connectivity index (χ3v) is 4.12. The Balaban J connectivity index is 2.07. The number of carbonyl (C=O) groups excluding carboxylic acids is 1. The number of amides is 1. The number of nitrogens with one attached hydrogen (secondary N) is 1. The second-order valence-electron chi connectivity index (χ2n) is 4.81. The van der Waals surface area contributed by atoms with E-state index in [0.717, 1.165) is 10.9 Å². The maximum Gasteiger partial charge on any atom is 0.254 e. The standard InChI is InChI=1S/C15H16F2N2OS/c1-19(2)12(13-7-4-8-21-13)9-18-15(20)10-5-3-6-11(16)14(10)17/h3-8,12H,9H2,1-2H3,(H,18,20). The van der Waals surface area contributed by atoms with Crippen LogP contribution in [0.25, 0.3) is 0 Å². The van der Waals surface area contributed by atoms with Crippen molar-refractivity contribution in [3.63, 3.8) is 0 Å². The molecule has 1 heterocycles. The lowest BCUT2D eigenvalue weighted by Crippen LogP contribution is -2.34. The number of halogens is 2. The van der Waals surface area contributed by atoms with Gasteiger partial charge in [-0.15, -0.1) is 11.3 Å². The average molecular weight is 310 g/mol. The van der Waals surface area contributed by atoms with Crippen molar-refractivity contribution in [2.45, 2.75) is 6.04 Å². The molecule has 1 N–H and O–H groups in total. The Kier molecular flexibility index (Phi) is 5.03. The normalized spacial score (nSPS) is 12.4. The zero-order valence-electron chi connectivity index (χ0n) is 11.8. The monoisotopic (exact) mass is 310 g/mol. The molecule has 1 atom stereocenters. The summed E-state index contributed by atoms with van der Waals surface area (Å²) in [7, 11) is 3.80. The van der Waals surface area contributed by atoms with Crippen molar-refractivity contribution in [2.24, 2.45) is 0 Å². The number of nitrogens with zero attached hydrogens (tertiary/aromatic N) is 1. The Bertz CT molecular complexity index is 614. The smallest absolute Gasteiger partial charge is 0.254 e. The fourth-order valence-corrected chi connectivity index (χ4v) is 2.90. The predicted molar refractivity (Wildman–Crippen MR) is 79.4 cm³/mol. The number of likely N-dealkylation sites (N-methyl/N-ethyl adjacent to an activating group) is 1. The Labute approximate surface area is 126 Å². The molecule has 0 saturated carbocycles. The molecule has 2 rings (SSSR count). The van der Waals surface area contributed by atoms with Crippen molar-refractivity contribution < 1.29 is 13.6 Å². The molecule has 0 aliphatic rings. The molecule has 0 spiro atoms. The second kappa shape index (κ2) is 6.78. The van der Waals surface area contributed by atoms with E-state index in [1.807, 2.05) is 36.5 Å². The Morgan fingerprint density at radius 2 is 2.05 bits per heavy atom. The van der Waals surface area contributed by atoms with Gasteiger partial charge in [0.2, 0.25) is 0 Å². The molecule has 1 amide bonds. The van der Waals surface area contributed by atoms with E-state index in [9.17, 15) is 13.6 Å². The summed E-state index contributed by atoms with van der Waals surface area (Å²) < 4.78 is 26.7. The fraction of sp³-hybridized carbons (Fsp3) is 0.267. The highest BCUT2D eigenvalue weighted by molar-refractivity contribution is 7.10. The van der Waals surface area contributed by atoms with Gasteiger partial charge in [0.1, 0.15) is 0 Å². The van der Waals surface area contributed by atoms with Crippen LogP contribution in [0, 0.1) is 11.6 Å². The number of hydrogen-bond donors (Lipinski definition) is 1. The van der Waals surface area contributed by atoms with Crippen LogP contribution in [0.1, 0.15) is 21.3 Å². The SMILES string of the molecule is CN(C)C(CNC(=O)c1cccc(F)c1F)c1cccs1. The quantitative estimate of drug-likeness (QED) is 0.920. The van der Waals surface area contributed by atoms with Gasteiger partial charge in [0.25, 0.3) is 5.91 Å². The summed E-state index contributed by atoms with van der Waals surface area (Å²) in [6.45, 7) is 0.322. The summed E-state index contributed by atoms with van der Waals surface area (Å²) in [5.74, 6) is -2.76. The molecule has 1 aromatic heterocycles. The van der Waals surface area contributed by atoms with Crippen LogP contribution >= 0.6 is 11.3 Å². The summed E-state index contributed by atoms with van der Waals surface area (Å²) in [4.78, 5) is 15.0. The number of benzene rings is 1. The largest absolute Gasteiger partial charge is 0.350 e. The van der Waals surface area contributed by atoms with Crippen LogP contribution in [0.3, 0.4) is 0 Å². The van der Waals surface area contributed by atoms with E-state index in [4.69, 9.17) is 0 Å². The van der Waals surface area contributed by atoms with Gasteiger partial charge in [0.15, 0.2) is 11.6 Å². The van der Waals surface area contributed by atoms with Crippen molar-refractivity contribution in [3.05, 3.63) is 57.8 Å². The highest BCUT2D eigenvalue weighted by Gasteiger charge is 2.19. The molecule has 3 nitrogen and oxygen atoms in total. The van der Waals surface area contributed by atoms with Crippen molar-refractivity contribution in [1.29, 1.82) is 0 Å². The van der Waals surface area contributed by atoms with Crippen LogP contribution in [-0.4, -0.2) is 31.4 Å². The van der Waals surface area contributed by atoms with Gasteiger partial charge in [0.05, 0.1) is 11.6 Å². The summed E-state index contributed by atoms with van der Waals surface area (Å²) in [5, 5.41) is 4.61. The molecule has 0 fully saturated rings. The maximum atomic E-state index is 13.6. The van der Waals surface area contributed by atoms with Gasteiger partial charge in [0, 0.05) is 11.4 Å². The molecule has 0 saturated heterocycles. The maximum absolute atomic E-state index is 13.6. The van der Waals surface area contributed by atoms with Crippen LogP contribution in [0.15, 0.2) is 35.7 Å². The minimum Gasteiger partial charge on any atom is -0.350 e. The van der Waals surface area contributed by atoms with E-state index in [0.29, 0.717) is 6.54 Å². The van der Waals surface area contributed by atoms with E-state index < -0.39 is 17.5 Å². The summed E-state index contributed by atoms with van der Waals surface area (Å²) >= 11 is 1.59. The second-order valence-corrected chi connectivity index (χ2v) is 5.79. The lowest BCUT2D eigenvalue weighted by Gasteiger charge is -2.23. The molecule has 0 aliphatic heterocycles. The lowest BCUT2D eigenvalue weighted by molar-refractivity contribution is 0.0937. The van der Waals surface area contributed by atoms with Gasteiger partial charge < -0.3 is 10.2 Å². The van der Waals surface area contributed by atoms with E-state index >= 15 is 0 Å². The van der Waals surface area contributed by atoms with Crippen LogP contribution in [0.2, 0.25) is 0 Å². The molecular weight excluding hydrogens is 294 g/mol. The van der Waals surface area contributed by atoms with Gasteiger partial charge >= 0.3 is 0 Å². The molecule has 0 radical (unpaired) electrons. The number of rotatable bonds is 5. The highest BCUT2D eigenvalue weighted by Crippen LogP contribution is 2.22. The fourth-order valence-electron chi connectivity index (χ4n) is 1.98. The van der Waals surface area contributed by atoms with Crippen molar-refractivity contribution in [3.8, 4) is 0 Å². The zero-order valence-corrected chi connectivity index (χ0v) is 12.6. The first-order chi connectivity index (χ1) is 10.0. The van der Waals surface area contributed by atoms with E-state index in [1.165, 1.54) is 12.1 Å². The van der Waals surface area contributed by atoms with Gasteiger partial charge in [-0.3, -0.25) is 4.79 Å². The summed E-state index contributed by atoms with van der Waals surface area (Å²) in [6.07, 6.45) is 0. The third-order valence-electron chi connectivity index (χ3n) is 3.15. The first-order valence-electron chi connectivity index (χ1n) is 6.42. The van der Waals surface area contributed by atoms with Gasteiger partial charge in [-0.25, -0.2) is 8.78 Å². The van der Waals surface area contributed by atoms with Crippen molar-refractivity contribution in [2.75, 3.05) is 20.6 Å². The molecule has 1 aromatic carbocycles. The Morgan fingerprint density at radius 1 is 1.29 bits per heavy atom. The topological polar surface area (TPSA) is 32.3 Å². The van der Waals surface area contributed by atoms with Crippen molar-refractivity contribution in [1.82, 2.24) is 10.2 Å². The van der Waals surface area contributed by atoms with E-state index in [-0.39, 0.29) is 11.6 Å². The third kappa shape index (κ3) is 3.65. The van der Waals surface area contributed by atoms with Gasteiger partial charge in [-0.05, 0) is 37.7 Å². The summed E-state index contributed by atoms with van der Waals surface area (Å²) in [5.41, 5.74) is -0.279. The van der Waals surface area contributed by atoms with E-state index in [1.54, 1.807) is 11.3 Å². The first-order valence-corrected chi connectivity index (χ1v) is 7.30. The first kappa shape index (κ1) is 15.6. The summed E-state index contributed by atoms with van der Waals surface area (Å²) in [6, 6.07) is 7.47. The van der Waals surface area contributed by atoms with Crippen LogP contribution in [0.4, 0.5) is 8.78 Å². The molecule has 1 unspecified atom stereocenters. The molecule has 2 aromatic rings. The van der Waals surface area contributed by atoms with Crippen molar-refractivity contribution >= 4 is 17.2 Å². The number of carbonyl (C=O) groups is 1. The lowest BCUT2D eigenvalue weighted by atomic mass is 10.1.